The van der Waals surface area contributed by atoms with Gasteiger partial charge in [0.1, 0.15) is 23.3 Å². The lowest BCUT2D eigenvalue weighted by Crippen LogP contribution is -2.44. The third-order valence-electron chi connectivity index (χ3n) is 8.30. The normalized spacial score (nSPS) is 23.0. The number of carbonyl (C=O) groups excluding carboxylic acids is 1. The standard InChI is InChI=1S/C31H34F4N4O3S/c32-21-8-6-19(7-9-21)29(20-15-22(33)17-23(34)16-20)30(36)31(40)38-28-5-1-4-27(35)26(28)11-10-25-18-37-24-3-2-14-43(41,42)39(25)13-12-24/h1,4-9,15-17,24-25,29-30,37H,2-3,10-14,18,36H2,(H,38,40)/t24-,25+,29+,30+/m1/s1. The number of nitrogens with zero attached hydrogens (tertiary/aromatic N) is 1. The summed E-state index contributed by atoms with van der Waals surface area (Å²) in [5, 5.41) is 6.11. The van der Waals surface area contributed by atoms with Gasteiger partial charge in [0.2, 0.25) is 15.9 Å². The Kier molecular flexibility index (Phi) is 9.50. The number of benzene rings is 3. The molecule has 0 aliphatic carbocycles. The van der Waals surface area contributed by atoms with Gasteiger partial charge < -0.3 is 16.4 Å². The average molecular weight is 619 g/mol. The number of hydrogen-bond acceptors (Lipinski definition) is 5. The lowest BCUT2D eigenvalue weighted by atomic mass is 9.84. The first-order chi connectivity index (χ1) is 20.5. The Hall–Kier alpha value is -3.32. The van der Waals surface area contributed by atoms with Crippen LogP contribution in [0.1, 0.15) is 48.3 Å². The molecule has 4 N–H and O–H groups in total. The van der Waals surface area contributed by atoms with Crippen molar-refractivity contribution in [2.24, 2.45) is 5.73 Å². The van der Waals surface area contributed by atoms with Crippen molar-refractivity contribution in [3.63, 3.8) is 0 Å². The zero-order valence-electron chi connectivity index (χ0n) is 23.4. The summed E-state index contributed by atoms with van der Waals surface area (Å²) in [6.45, 7) is 0.834. The number of halogens is 4. The van der Waals surface area contributed by atoms with Gasteiger partial charge >= 0.3 is 0 Å². The van der Waals surface area contributed by atoms with Crippen LogP contribution in [0, 0.1) is 23.3 Å². The highest BCUT2D eigenvalue weighted by atomic mass is 32.2. The van der Waals surface area contributed by atoms with Crippen LogP contribution < -0.4 is 16.4 Å². The number of rotatable bonds is 8. The SMILES string of the molecule is N[C@H](C(=O)Nc1cccc(F)c1CC[C@H]1CN[C@@H]2CCCS(=O)(=O)N1CC2)[C@@H](c1ccc(F)cc1)c1cc(F)cc(F)c1. The number of fused-ring (bicyclic) bond motifs is 3. The number of nitrogens with two attached hydrogens (primary N) is 1. The van der Waals surface area contributed by atoms with Crippen molar-refractivity contribution in [2.45, 2.75) is 56.1 Å². The number of amides is 1. The largest absolute Gasteiger partial charge is 0.324 e. The van der Waals surface area contributed by atoms with Crippen LogP contribution in [0.3, 0.4) is 0 Å². The highest BCUT2D eigenvalue weighted by Crippen LogP contribution is 2.31. The lowest BCUT2D eigenvalue weighted by molar-refractivity contribution is -0.117. The van der Waals surface area contributed by atoms with Crippen molar-refractivity contribution in [1.82, 2.24) is 9.62 Å². The van der Waals surface area contributed by atoms with Gasteiger partial charge in [0, 0.05) is 48.4 Å². The molecule has 7 nitrogen and oxygen atoms in total. The Labute approximate surface area is 248 Å². The summed E-state index contributed by atoms with van der Waals surface area (Å²) in [6, 6.07) is 10.5. The summed E-state index contributed by atoms with van der Waals surface area (Å²) < 4.78 is 84.7. The maximum atomic E-state index is 15.2. The van der Waals surface area contributed by atoms with Gasteiger partial charge in [-0.05, 0) is 79.6 Å². The molecule has 2 fully saturated rings. The molecule has 0 saturated carbocycles. The van der Waals surface area contributed by atoms with E-state index in [9.17, 15) is 26.4 Å². The van der Waals surface area contributed by atoms with Crippen molar-refractivity contribution in [2.75, 3.05) is 24.2 Å². The second-order valence-corrected chi connectivity index (χ2v) is 13.2. The summed E-state index contributed by atoms with van der Waals surface area (Å²) >= 11 is 0. The molecular weight excluding hydrogens is 584 g/mol. The summed E-state index contributed by atoms with van der Waals surface area (Å²) in [5.74, 6) is -4.58. The topological polar surface area (TPSA) is 105 Å². The minimum absolute atomic E-state index is 0.0732. The van der Waals surface area contributed by atoms with Crippen molar-refractivity contribution >= 4 is 21.6 Å². The molecule has 2 heterocycles. The molecule has 3 aromatic carbocycles. The van der Waals surface area contributed by atoms with E-state index in [1.807, 2.05) is 0 Å². The minimum Gasteiger partial charge on any atom is -0.324 e. The maximum absolute atomic E-state index is 15.2. The van der Waals surface area contributed by atoms with E-state index >= 15 is 4.39 Å². The Bertz CT molecular complexity index is 1550. The van der Waals surface area contributed by atoms with E-state index in [0.717, 1.165) is 30.7 Å². The van der Waals surface area contributed by atoms with Crippen LogP contribution in [0.4, 0.5) is 23.2 Å². The molecule has 5 atom stereocenters. The summed E-state index contributed by atoms with van der Waals surface area (Å²) in [5.41, 5.74) is 7.15. The predicted molar refractivity (Wildman–Crippen MR) is 156 cm³/mol. The molecule has 2 saturated heterocycles. The molecule has 5 rings (SSSR count). The number of nitrogens with one attached hydrogen (secondary N) is 2. The van der Waals surface area contributed by atoms with Crippen LogP contribution in [-0.4, -0.2) is 55.6 Å². The Morgan fingerprint density at radius 2 is 1.70 bits per heavy atom. The number of sulfonamides is 1. The summed E-state index contributed by atoms with van der Waals surface area (Å²) in [7, 11) is -3.46. The van der Waals surface area contributed by atoms with Gasteiger partial charge in [-0.2, -0.15) is 4.31 Å². The fourth-order valence-corrected chi connectivity index (χ4v) is 7.88. The molecule has 230 valence electrons. The number of hydrogen-bond donors (Lipinski definition) is 3. The lowest BCUT2D eigenvalue weighted by Gasteiger charge is -2.29. The minimum atomic E-state index is -3.46. The molecule has 3 aromatic rings. The highest BCUT2D eigenvalue weighted by Gasteiger charge is 2.35. The van der Waals surface area contributed by atoms with E-state index in [4.69, 9.17) is 5.73 Å². The molecule has 0 spiro atoms. The quantitative estimate of drug-likeness (QED) is 0.324. The van der Waals surface area contributed by atoms with Gasteiger partial charge in [-0.1, -0.05) is 18.2 Å². The van der Waals surface area contributed by atoms with Crippen LogP contribution in [-0.2, 0) is 21.2 Å². The second kappa shape index (κ2) is 13.1. The first-order valence-corrected chi connectivity index (χ1v) is 15.9. The summed E-state index contributed by atoms with van der Waals surface area (Å²) in [6.07, 6.45) is 2.52. The summed E-state index contributed by atoms with van der Waals surface area (Å²) in [4.78, 5) is 13.5. The molecule has 12 heteroatoms. The maximum Gasteiger partial charge on any atom is 0.242 e. The molecule has 2 aliphatic heterocycles. The van der Waals surface area contributed by atoms with Crippen LogP contribution in [0.25, 0.3) is 0 Å². The molecule has 43 heavy (non-hydrogen) atoms. The Balaban J connectivity index is 1.38. The fourth-order valence-electron chi connectivity index (χ4n) is 6.10. The van der Waals surface area contributed by atoms with Gasteiger partial charge in [-0.25, -0.2) is 26.0 Å². The Morgan fingerprint density at radius 3 is 2.42 bits per heavy atom. The van der Waals surface area contributed by atoms with Crippen molar-refractivity contribution < 1.29 is 30.8 Å². The third kappa shape index (κ3) is 7.26. The van der Waals surface area contributed by atoms with Gasteiger partial charge in [0.25, 0.3) is 0 Å². The molecule has 0 radical (unpaired) electrons. The van der Waals surface area contributed by atoms with Crippen LogP contribution in [0.2, 0.25) is 0 Å². The van der Waals surface area contributed by atoms with E-state index in [1.54, 1.807) is 0 Å². The first kappa shape index (κ1) is 31.1. The molecule has 2 bridgehead atoms. The molecule has 0 aromatic heterocycles. The fraction of sp³-hybridized carbons (Fsp3) is 0.387. The van der Waals surface area contributed by atoms with Crippen molar-refractivity contribution in [3.8, 4) is 0 Å². The monoisotopic (exact) mass is 618 g/mol. The van der Waals surface area contributed by atoms with Crippen molar-refractivity contribution in [3.05, 3.63) is 101 Å². The number of carbonyl (C=O) groups is 1. The van der Waals surface area contributed by atoms with E-state index in [1.165, 1.54) is 34.6 Å². The molecule has 2 aliphatic rings. The first-order valence-electron chi connectivity index (χ1n) is 14.3. The van der Waals surface area contributed by atoms with Gasteiger partial charge in [-0.15, -0.1) is 0 Å². The van der Waals surface area contributed by atoms with Crippen LogP contribution >= 0.6 is 0 Å². The van der Waals surface area contributed by atoms with Crippen LogP contribution in [0.15, 0.2) is 60.7 Å². The van der Waals surface area contributed by atoms with E-state index in [0.29, 0.717) is 44.0 Å². The molecule has 1 unspecified atom stereocenters. The Morgan fingerprint density at radius 1 is 0.977 bits per heavy atom. The number of anilines is 1. The van der Waals surface area contributed by atoms with Crippen LogP contribution in [0.5, 0.6) is 0 Å². The average Bonchev–Trinajstić information content (AvgIpc) is 3.12. The third-order valence-corrected chi connectivity index (χ3v) is 10.3. The smallest absolute Gasteiger partial charge is 0.242 e. The van der Waals surface area contributed by atoms with Crippen molar-refractivity contribution in [1.29, 1.82) is 0 Å². The zero-order valence-corrected chi connectivity index (χ0v) is 24.2. The van der Waals surface area contributed by atoms with E-state index in [-0.39, 0.29) is 41.1 Å². The second-order valence-electron chi connectivity index (χ2n) is 11.2. The molecule has 1 amide bonds. The van der Waals surface area contributed by atoms with Gasteiger partial charge in [0.05, 0.1) is 11.8 Å². The zero-order chi connectivity index (χ0) is 30.7. The van der Waals surface area contributed by atoms with Gasteiger partial charge in [-0.3, -0.25) is 4.79 Å². The predicted octanol–water partition coefficient (Wildman–Crippen LogP) is 4.43. The molecular formula is C31H34F4N4O3S. The highest BCUT2D eigenvalue weighted by molar-refractivity contribution is 7.89. The van der Waals surface area contributed by atoms with E-state index in [2.05, 4.69) is 10.6 Å². The van der Waals surface area contributed by atoms with Gasteiger partial charge in [0.15, 0.2) is 0 Å². The van der Waals surface area contributed by atoms with E-state index < -0.39 is 51.2 Å².